The summed E-state index contributed by atoms with van der Waals surface area (Å²) in [5.74, 6) is 0.921. The Morgan fingerprint density at radius 1 is 1.45 bits per heavy atom. The van der Waals surface area contributed by atoms with Crippen LogP contribution < -0.4 is 5.32 Å². The number of aryl methyl sites for hydroxylation is 2. The summed E-state index contributed by atoms with van der Waals surface area (Å²) in [6.07, 6.45) is 0.923. The number of fused-ring (bicyclic) bond motifs is 1. The van der Waals surface area contributed by atoms with Crippen molar-refractivity contribution in [3.05, 3.63) is 17.5 Å². The van der Waals surface area contributed by atoms with Gasteiger partial charge in [0.2, 0.25) is 5.91 Å². The normalized spacial score (nSPS) is 12.6. The topological polar surface area (TPSA) is 72.2 Å². The zero-order chi connectivity index (χ0) is 14.7. The van der Waals surface area contributed by atoms with Gasteiger partial charge in [-0.15, -0.1) is 10.2 Å². The Morgan fingerprint density at radius 2 is 2.20 bits per heavy atom. The van der Waals surface area contributed by atoms with Crippen molar-refractivity contribution in [2.24, 2.45) is 0 Å². The van der Waals surface area contributed by atoms with Crippen LogP contribution in [0.4, 0.5) is 0 Å². The molecule has 6 nitrogen and oxygen atoms in total. The van der Waals surface area contributed by atoms with Crippen LogP contribution in [0.5, 0.6) is 0 Å². The molecule has 1 atom stereocenters. The van der Waals surface area contributed by atoms with Gasteiger partial charge in [-0.25, -0.2) is 4.98 Å². The summed E-state index contributed by atoms with van der Waals surface area (Å²) in [5.41, 5.74) is 1.93. The van der Waals surface area contributed by atoms with Gasteiger partial charge in [-0.1, -0.05) is 18.7 Å². The molecule has 2 heterocycles. The van der Waals surface area contributed by atoms with Crippen LogP contribution in [-0.2, 0) is 4.79 Å². The first-order valence-corrected chi connectivity index (χ1v) is 7.61. The monoisotopic (exact) mass is 293 g/mol. The molecule has 0 radical (unpaired) electrons. The van der Waals surface area contributed by atoms with Crippen LogP contribution in [0.2, 0.25) is 0 Å². The van der Waals surface area contributed by atoms with Gasteiger partial charge in [0.1, 0.15) is 0 Å². The number of nitrogens with zero attached hydrogens (tertiary/aromatic N) is 4. The average molecular weight is 293 g/mol. The van der Waals surface area contributed by atoms with Crippen LogP contribution in [0.15, 0.2) is 11.2 Å². The molecule has 1 unspecified atom stereocenters. The van der Waals surface area contributed by atoms with E-state index in [-0.39, 0.29) is 11.9 Å². The zero-order valence-corrected chi connectivity index (χ0v) is 13.0. The molecule has 0 saturated carbocycles. The second kappa shape index (κ2) is 6.21. The van der Waals surface area contributed by atoms with Gasteiger partial charge in [-0.2, -0.15) is 0 Å². The predicted molar refractivity (Wildman–Crippen MR) is 78.9 cm³/mol. The van der Waals surface area contributed by atoms with Gasteiger partial charge in [0.25, 0.3) is 5.78 Å². The number of amides is 1. The highest BCUT2D eigenvalue weighted by Crippen LogP contribution is 2.18. The Kier molecular flexibility index (Phi) is 4.59. The van der Waals surface area contributed by atoms with Crippen molar-refractivity contribution >= 4 is 23.4 Å². The summed E-state index contributed by atoms with van der Waals surface area (Å²) in [6.45, 7) is 7.94. The lowest BCUT2D eigenvalue weighted by Gasteiger charge is -2.10. The fourth-order valence-corrected chi connectivity index (χ4v) is 2.64. The van der Waals surface area contributed by atoms with Crippen LogP contribution in [0.25, 0.3) is 5.78 Å². The van der Waals surface area contributed by atoms with Crippen LogP contribution >= 0.6 is 11.8 Å². The molecule has 2 rings (SSSR count). The van der Waals surface area contributed by atoms with Crippen LogP contribution in [0, 0.1) is 13.8 Å². The highest BCUT2D eigenvalue weighted by molar-refractivity contribution is 7.99. The van der Waals surface area contributed by atoms with E-state index in [2.05, 4.69) is 20.5 Å². The number of aromatic nitrogens is 4. The third-order valence-corrected chi connectivity index (χ3v) is 3.94. The minimum absolute atomic E-state index is 0.0128. The van der Waals surface area contributed by atoms with Gasteiger partial charge in [-0.05, 0) is 33.3 Å². The molecule has 20 heavy (non-hydrogen) atoms. The molecule has 2 aromatic rings. The first-order valence-electron chi connectivity index (χ1n) is 6.62. The molecule has 0 spiro atoms. The van der Waals surface area contributed by atoms with E-state index >= 15 is 0 Å². The van der Waals surface area contributed by atoms with E-state index in [0.717, 1.165) is 17.8 Å². The second-order valence-electron chi connectivity index (χ2n) is 4.82. The number of hydrogen-bond donors (Lipinski definition) is 1. The second-order valence-corrected chi connectivity index (χ2v) is 5.76. The molecule has 0 bridgehead atoms. The summed E-state index contributed by atoms with van der Waals surface area (Å²) in [6, 6.07) is 2.17. The molecule has 7 heteroatoms. The summed E-state index contributed by atoms with van der Waals surface area (Å²) < 4.78 is 1.87. The summed E-state index contributed by atoms with van der Waals surface area (Å²) >= 11 is 1.37. The SMILES string of the molecule is CCC(C)NC(=O)CSc1nnc2nc(C)cc(C)n12. The Hall–Kier alpha value is -1.63. The van der Waals surface area contributed by atoms with E-state index in [0.29, 0.717) is 16.7 Å². The molecular formula is C13H19N5OS. The maximum atomic E-state index is 11.8. The molecule has 108 valence electrons. The number of nitrogens with one attached hydrogen (secondary N) is 1. The summed E-state index contributed by atoms with van der Waals surface area (Å²) in [5, 5.41) is 11.8. The van der Waals surface area contributed by atoms with Crippen molar-refractivity contribution in [2.45, 2.75) is 45.3 Å². The van der Waals surface area contributed by atoms with Crippen LogP contribution in [-0.4, -0.2) is 37.3 Å². The van der Waals surface area contributed by atoms with Crippen LogP contribution in [0.1, 0.15) is 31.7 Å². The van der Waals surface area contributed by atoms with Gasteiger partial charge in [0.15, 0.2) is 5.16 Å². The summed E-state index contributed by atoms with van der Waals surface area (Å²) in [7, 11) is 0. The smallest absolute Gasteiger partial charge is 0.256 e. The molecule has 0 aliphatic rings. The standard InChI is InChI=1S/C13H19N5OS/c1-5-8(2)14-11(19)7-20-13-17-16-12-15-9(3)6-10(4)18(12)13/h6,8H,5,7H2,1-4H3,(H,14,19). The molecule has 0 aromatic carbocycles. The highest BCUT2D eigenvalue weighted by Gasteiger charge is 2.12. The van der Waals surface area contributed by atoms with E-state index in [4.69, 9.17) is 0 Å². The average Bonchev–Trinajstić information content (AvgIpc) is 2.79. The van der Waals surface area contributed by atoms with E-state index < -0.39 is 0 Å². The zero-order valence-electron chi connectivity index (χ0n) is 12.2. The largest absolute Gasteiger partial charge is 0.353 e. The number of thioether (sulfide) groups is 1. The number of carbonyl (C=O) groups excluding carboxylic acids is 1. The molecule has 0 fully saturated rings. The lowest BCUT2D eigenvalue weighted by molar-refractivity contribution is -0.119. The Morgan fingerprint density at radius 3 is 2.90 bits per heavy atom. The van der Waals surface area contributed by atoms with Crippen molar-refractivity contribution in [1.82, 2.24) is 24.9 Å². The highest BCUT2D eigenvalue weighted by atomic mass is 32.2. The third kappa shape index (κ3) is 3.27. The molecule has 0 aliphatic carbocycles. The molecular weight excluding hydrogens is 274 g/mol. The maximum absolute atomic E-state index is 11.8. The Bertz CT molecular complexity index is 624. The lowest BCUT2D eigenvalue weighted by Crippen LogP contribution is -2.33. The quantitative estimate of drug-likeness (QED) is 0.850. The molecule has 0 aliphatic heterocycles. The van der Waals surface area contributed by atoms with Crippen molar-refractivity contribution in [3.63, 3.8) is 0 Å². The maximum Gasteiger partial charge on any atom is 0.256 e. The van der Waals surface area contributed by atoms with E-state index in [1.54, 1.807) is 0 Å². The minimum atomic E-state index is 0.0128. The van der Waals surface area contributed by atoms with Crippen molar-refractivity contribution < 1.29 is 4.79 Å². The molecule has 1 N–H and O–H groups in total. The first kappa shape index (κ1) is 14.8. The van der Waals surface area contributed by atoms with Crippen molar-refractivity contribution in [2.75, 3.05) is 5.75 Å². The predicted octanol–water partition coefficient (Wildman–Crippen LogP) is 1.75. The molecule has 2 aromatic heterocycles. The minimum Gasteiger partial charge on any atom is -0.353 e. The first-order chi connectivity index (χ1) is 9.51. The summed E-state index contributed by atoms with van der Waals surface area (Å²) in [4.78, 5) is 16.1. The fourth-order valence-electron chi connectivity index (χ4n) is 1.84. The fraction of sp³-hybridized carbons (Fsp3) is 0.538. The van der Waals surface area contributed by atoms with E-state index in [9.17, 15) is 4.79 Å². The van der Waals surface area contributed by atoms with Gasteiger partial charge >= 0.3 is 0 Å². The van der Waals surface area contributed by atoms with E-state index in [1.807, 2.05) is 38.2 Å². The Labute approximate surface area is 122 Å². The van der Waals surface area contributed by atoms with E-state index in [1.165, 1.54) is 11.8 Å². The van der Waals surface area contributed by atoms with Gasteiger partial charge in [0.05, 0.1) is 5.75 Å². The number of rotatable bonds is 5. The van der Waals surface area contributed by atoms with Gasteiger partial charge in [-0.3, -0.25) is 9.20 Å². The van der Waals surface area contributed by atoms with Gasteiger partial charge in [0, 0.05) is 17.4 Å². The van der Waals surface area contributed by atoms with Gasteiger partial charge < -0.3 is 5.32 Å². The lowest BCUT2D eigenvalue weighted by atomic mass is 10.3. The third-order valence-electron chi connectivity index (χ3n) is 3.02. The number of carbonyl (C=O) groups is 1. The molecule has 1 amide bonds. The van der Waals surface area contributed by atoms with Crippen molar-refractivity contribution in [1.29, 1.82) is 0 Å². The van der Waals surface area contributed by atoms with Crippen molar-refractivity contribution in [3.8, 4) is 0 Å². The van der Waals surface area contributed by atoms with Crippen LogP contribution in [0.3, 0.4) is 0 Å². The molecule has 0 saturated heterocycles. The number of hydrogen-bond acceptors (Lipinski definition) is 5. The Balaban J connectivity index is 2.09.